The van der Waals surface area contributed by atoms with Gasteiger partial charge in [-0.15, -0.1) is 11.8 Å². The van der Waals surface area contributed by atoms with Crippen LogP contribution in [0.25, 0.3) is 24.3 Å². The Morgan fingerprint density at radius 3 is 0.810 bits per heavy atom. The van der Waals surface area contributed by atoms with Crippen LogP contribution in [0.2, 0.25) is 40.2 Å². The molecule has 4 fully saturated rings. The Hall–Kier alpha value is -14.0. The minimum Gasteiger partial charge on any atom is -0.480 e. The molecule has 0 radical (unpaired) electrons. The SMILES string of the molecule is O=C(/C=C/c1ccco1)NCc1cc(Cl)c(C(=O)N[C@@H](CNC(=O)[C@@H]2CCC(=O)N2)C(=O)O)c(Cl)c1.O=C(/C=C/c1ccco1)NCc1cc(Cl)c(C(=O)N[C@@H](CNC(=O)[C@@H]2CSCN2)C(=O)O)c(Cl)c1.O=C(/C=C/c1ccco1)NCc1cc(Cl)c(C(=O)N[C@@H](CNC(=O)[C@H]2CCC(=O)N2)C(=O)O)c(Cl)c1.O=C(/C=C/c1ccco1)NCc1cc(Cl)c(C(=O)N[C@@H](CNC(=O)[C@H]2CCCN2)C(=O)O)c(Cl)c1. The lowest BCUT2D eigenvalue weighted by molar-refractivity contribution is -0.140. The monoisotopic (exact) mass is 2130 g/mol. The molecule has 12 rings (SSSR count). The minimum absolute atomic E-state index is 0.0197. The van der Waals surface area contributed by atoms with Crippen LogP contribution in [0.3, 0.4) is 0 Å². The maximum Gasteiger partial charge on any atom is 0.328 e. The predicted molar refractivity (Wildman–Crippen MR) is 519 cm³/mol. The average molecular weight is 2140 g/mol. The molecule has 0 bridgehead atoms. The van der Waals surface area contributed by atoms with Gasteiger partial charge in [-0.1, -0.05) is 92.8 Å². The van der Waals surface area contributed by atoms with E-state index in [-0.39, 0.29) is 156 Å². The summed E-state index contributed by atoms with van der Waals surface area (Å²) in [5.74, 6) is -9.39. The molecular formula is C91H90Cl8N16O26S. The molecular weight excluding hydrogens is 2050 g/mol. The Morgan fingerprint density at radius 1 is 0.352 bits per heavy atom. The minimum atomic E-state index is -1.48. The van der Waals surface area contributed by atoms with Crippen molar-refractivity contribution in [2.24, 2.45) is 0 Å². The largest absolute Gasteiger partial charge is 0.480 e. The van der Waals surface area contributed by atoms with Crippen LogP contribution < -0.4 is 85.1 Å². The van der Waals surface area contributed by atoms with Crippen molar-refractivity contribution in [1.29, 1.82) is 0 Å². The van der Waals surface area contributed by atoms with Crippen LogP contribution in [0, 0.1) is 0 Å². The summed E-state index contributed by atoms with van der Waals surface area (Å²) >= 11 is 51.4. The fourth-order valence-corrected chi connectivity index (χ4v) is 16.8. The van der Waals surface area contributed by atoms with E-state index in [9.17, 15) is 107 Å². The molecule has 42 nitrogen and oxygen atoms in total. The van der Waals surface area contributed by atoms with Crippen LogP contribution in [-0.4, -0.2) is 220 Å². The summed E-state index contributed by atoms with van der Waals surface area (Å²) in [4.78, 5) is 216. The first-order valence-corrected chi connectivity index (χ1v) is 46.7. The molecule has 0 aliphatic carbocycles. The first-order chi connectivity index (χ1) is 67.7. The number of carbonyl (C=O) groups excluding carboxylic acids is 14. The fraction of sp³-hybridized carbons (Fsp3) is 0.275. The van der Waals surface area contributed by atoms with Gasteiger partial charge in [0.05, 0.1) is 99.6 Å². The van der Waals surface area contributed by atoms with Gasteiger partial charge in [-0.05, 0) is 176 Å². The summed E-state index contributed by atoms with van der Waals surface area (Å²) < 4.78 is 20.4. The van der Waals surface area contributed by atoms with E-state index in [1.54, 1.807) is 60.3 Å². The Morgan fingerprint density at radius 2 is 0.606 bits per heavy atom. The summed E-state index contributed by atoms with van der Waals surface area (Å²) in [6, 6.07) is 16.9. The smallest absolute Gasteiger partial charge is 0.328 e. The molecule has 142 heavy (non-hydrogen) atoms. The number of thioether (sulfide) groups is 1. The van der Waals surface area contributed by atoms with E-state index in [0.29, 0.717) is 76.2 Å². The third kappa shape index (κ3) is 36.0. The zero-order valence-corrected chi connectivity index (χ0v) is 80.9. The molecule has 8 heterocycles. The highest BCUT2D eigenvalue weighted by molar-refractivity contribution is 7.99. The van der Waals surface area contributed by atoms with Crippen molar-refractivity contribution in [2.45, 2.75) is 113 Å². The highest BCUT2D eigenvalue weighted by atomic mass is 35.5. The van der Waals surface area contributed by atoms with Crippen LogP contribution >= 0.6 is 105 Å². The van der Waals surface area contributed by atoms with Crippen molar-refractivity contribution in [3.8, 4) is 0 Å². The average Bonchev–Trinajstić information content (AvgIpc) is 1.01. The third-order valence-electron chi connectivity index (χ3n) is 20.3. The molecule has 4 aromatic heterocycles. The van der Waals surface area contributed by atoms with Crippen molar-refractivity contribution in [3.63, 3.8) is 0 Å². The number of benzene rings is 4. The normalized spacial score (nSPS) is 16.0. The Kier molecular flexibility index (Phi) is 43.9. The Labute approximate surface area is 850 Å². The summed E-state index contributed by atoms with van der Waals surface area (Å²) in [6.07, 6.45) is 19.6. The van der Waals surface area contributed by atoms with Gasteiger partial charge in [0.25, 0.3) is 23.6 Å². The van der Waals surface area contributed by atoms with Gasteiger partial charge in [0.15, 0.2) is 0 Å². The topological polar surface area (TPSA) is 633 Å². The molecule has 8 aromatic rings. The molecule has 20 N–H and O–H groups in total. The molecule has 4 aliphatic heterocycles. The highest BCUT2D eigenvalue weighted by Gasteiger charge is 2.35. The fourth-order valence-electron chi connectivity index (χ4n) is 13.1. The molecule has 51 heteroatoms. The quantitative estimate of drug-likeness (QED) is 0.0175. The molecule has 0 unspecified atom stereocenters. The van der Waals surface area contributed by atoms with Gasteiger partial charge in [-0.3, -0.25) is 72.4 Å². The number of hydrogen-bond donors (Lipinski definition) is 20. The summed E-state index contributed by atoms with van der Waals surface area (Å²) in [6.45, 7) is -0.448. The number of nitrogens with one attached hydrogen (secondary N) is 16. The van der Waals surface area contributed by atoms with Gasteiger partial charge in [-0.25, -0.2) is 19.2 Å². The van der Waals surface area contributed by atoms with Crippen LogP contribution in [0.15, 0.2) is 164 Å². The zero-order chi connectivity index (χ0) is 103. The number of amides is 14. The maximum atomic E-state index is 12.7. The molecule has 0 saturated carbocycles. The number of hydrogen-bond acceptors (Lipinski definition) is 25. The van der Waals surface area contributed by atoms with E-state index in [0.717, 1.165) is 13.0 Å². The van der Waals surface area contributed by atoms with Gasteiger partial charge in [0, 0.05) is 101 Å². The van der Waals surface area contributed by atoms with Crippen LogP contribution in [0.5, 0.6) is 0 Å². The molecule has 0 spiro atoms. The zero-order valence-electron chi connectivity index (χ0n) is 74.0. The lowest BCUT2D eigenvalue weighted by Crippen LogP contribution is -2.51. The lowest BCUT2D eigenvalue weighted by Gasteiger charge is -2.18. The van der Waals surface area contributed by atoms with Gasteiger partial charge in [0.1, 0.15) is 59.3 Å². The van der Waals surface area contributed by atoms with Gasteiger partial charge in [0.2, 0.25) is 59.1 Å². The van der Waals surface area contributed by atoms with Gasteiger partial charge >= 0.3 is 23.9 Å². The van der Waals surface area contributed by atoms with Crippen molar-refractivity contribution in [3.05, 3.63) is 254 Å². The number of aliphatic carboxylic acids is 4. The van der Waals surface area contributed by atoms with E-state index >= 15 is 0 Å². The molecule has 4 aromatic carbocycles. The van der Waals surface area contributed by atoms with Crippen LogP contribution in [-0.2, 0) is 93.3 Å². The third-order valence-corrected chi connectivity index (χ3v) is 23.6. The number of rotatable bonds is 40. The summed E-state index contributed by atoms with van der Waals surface area (Å²) in [5, 5.41) is 78.0. The highest BCUT2D eigenvalue weighted by Crippen LogP contribution is 2.32. The summed E-state index contributed by atoms with van der Waals surface area (Å²) in [5.41, 5.74) is 1.51. The second kappa shape index (κ2) is 55.9. The Bertz CT molecular complexity index is 5620. The van der Waals surface area contributed by atoms with Crippen molar-refractivity contribution >= 4 is 235 Å². The van der Waals surface area contributed by atoms with E-state index in [1.165, 1.54) is 122 Å². The maximum absolute atomic E-state index is 12.7. The van der Waals surface area contributed by atoms with Gasteiger partial charge < -0.3 is 118 Å². The number of halogens is 8. The van der Waals surface area contributed by atoms with Crippen LogP contribution in [0.1, 0.15) is 125 Å². The number of carboxylic acid groups (broad SMARTS) is 4. The number of carbonyl (C=O) groups is 18. The molecule has 4 saturated heterocycles. The standard InChI is InChI=1S/2C23H22Cl2N4O7.C23H24Cl2N4O6.C22H22Cl2N4O6S/c2*24-14-8-12(10-26-18(30)5-3-13-2-1-7-36-13)9-15(25)20(14)22(33)29-17(23(34)35)11-27-21(32)16-4-6-19(31)28-16;24-15-9-13(11-27-19(30)6-5-14-3-2-8-35-14)10-16(25)20(15)22(32)29-18(23(33)34)12-28-21(31)17-4-1-7-26-17;23-14-6-12(8-25-18(29)4-3-13-2-1-5-34-13)7-15(24)19(14)21(31)28-16(22(32)33)9-26-20(30)17-10-35-11-27-17/h2*1-3,5,7-9,16-17H,4,6,10-11H2,(H,26,30)(H,27,32)(H,28,31)(H,29,33)(H,34,35);2-3,5-6,8-10,17-18,26H,1,4,7,11-12H2,(H,27,30)(H,28,31)(H,29,32)(H,33,34);1-7,16-17,27H,8-11H2,(H,25,29)(H,26,30)(H,28,31)(H,32,33)/b2*5-3+;6-5+;4-3+/t16-,17+;16-,17-;17-,18+;16-,17-/m1010/s1. The second-order valence-corrected chi connectivity index (χ2v) is 35.0. The number of furan rings is 4. The first kappa shape index (κ1) is 112. The van der Waals surface area contributed by atoms with E-state index < -0.39 is 127 Å². The van der Waals surface area contributed by atoms with Crippen molar-refractivity contribution in [1.82, 2.24) is 85.1 Å². The first-order valence-electron chi connectivity index (χ1n) is 42.5. The molecule has 752 valence electrons. The van der Waals surface area contributed by atoms with Gasteiger partial charge in [-0.2, -0.15) is 0 Å². The van der Waals surface area contributed by atoms with E-state index in [1.807, 2.05) is 0 Å². The Balaban J connectivity index is 0.000000211. The summed E-state index contributed by atoms with van der Waals surface area (Å²) in [7, 11) is 0. The lowest BCUT2D eigenvalue weighted by atomic mass is 10.1. The second-order valence-electron chi connectivity index (χ2n) is 30.7. The van der Waals surface area contributed by atoms with Crippen LogP contribution in [0.4, 0.5) is 0 Å². The predicted octanol–water partition coefficient (Wildman–Crippen LogP) is 6.83. The molecule has 8 atom stereocenters. The molecule has 14 amide bonds. The van der Waals surface area contributed by atoms with Crippen molar-refractivity contribution in [2.75, 3.05) is 44.4 Å². The molecule has 4 aliphatic rings. The van der Waals surface area contributed by atoms with E-state index in [2.05, 4.69) is 85.1 Å². The van der Waals surface area contributed by atoms with Crippen molar-refractivity contribution < 1.29 is 124 Å². The number of carboxylic acids is 4. The van der Waals surface area contributed by atoms with E-state index in [4.69, 9.17) is 110 Å².